The molecule has 1 fully saturated rings. The van der Waals surface area contributed by atoms with Gasteiger partial charge in [-0.1, -0.05) is 11.6 Å². The van der Waals surface area contributed by atoms with Gasteiger partial charge in [0.25, 0.3) is 5.91 Å². The molecule has 1 N–H and O–H groups in total. The Morgan fingerprint density at radius 2 is 2.47 bits per heavy atom. The molecule has 6 heteroatoms. The minimum Gasteiger partial charge on any atom is -0.376 e. The van der Waals surface area contributed by atoms with Crippen LogP contribution in [-0.2, 0) is 11.8 Å². The van der Waals surface area contributed by atoms with Crippen LogP contribution in [0.1, 0.15) is 29.0 Å². The molecule has 2 rings (SSSR count). The number of nitrogens with one attached hydrogen (secondary N) is 1. The van der Waals surface area contributed by atoms with Crippen LogP contribution in [0.4, 0.5) is 0 Å². The molecule has 1 aromatic rings. The van der Waals surface area contributed by atoms with Crippen LogP contribution in [0.3, 0.4) is 0 Å². The number of aromatic nitrogens is 2. The summed E-state index contributed by atoms with van der Waals surface area (Å²) in [6.45, 7) is 3.13. The Kier molecular flexibility index (Phi) is 3.69. The van der Waals surface area contributed by atoms with Crippen LogP contribution in [0, 0.1) is 6.92 Å². The van der Waals surface area contributed by atoms with Crippen LogP contribution in [0.15, 0.2) is 0 Å². The minimum absolute atomic E-state index is 0.127. The molecule has 1 aromatic heterocycles. The van der Waals surface area contributed by atoms with Gasteiger partial charge in [0.1, 0.15) is 0 Å². The second-order valence-corrected chi connectivity index (χ2v) is 4.59. The largest absolute Gasteiger partial charge is 0.376 e. The standard InChI is InChI=1S/C11H16ClN3O2/c1-7-9(12)10(14-15(7)2)11(16)13-6-8-4-3-5-17-8/h8H,3-6H2,1-2H3,(H,13,16). The molecule has 1 aliphatic rings. The van der Waals surface area contributed by atoms with Crippen molar-refractivity contribution in [3.8, 4) is 0 Å². The van der Waals surface area contributed by atoms with Gasteiger partial charge in [0.2, 0.25) is 0 Å². The third-order valence-electron chi connectivity index (χ3n) is 2.99. The molecule has 1 saturated heterocycles. The van der Waals surface area contributed by atoms with Gasteiger partial charge in [0.05, 0.1) is 16.8 Å². The van der Waals surface area contributed by atoms with Crippen LogP contribution in [-0.4, -0.2) is 34.9 Å². The van der Waals surface area contributed by atoms with Gasteiger partial charge < -0.3 is 10.1 Å². The van der Waals surface area contributed by atoms with E-state index in [1.54, 1.807) is 11.7 Å². The fourth-order valence-electron chi connectivity index (χ4n) is 1.82. The highest BCUT2D eigenvalue weighted by Gasteiger charge is 2.20. The summed E-state index contributed by atoms with van der Waals surface area (Å²) in [5.41, 5.74) is 1.07. The number of halogens is 1. The van der Waals surface area contributed by atoms with Gasteiger partial charge in [-0.05, 0) is 19.8 Å². The number of aryl methyl sites for hydroxylation is 1. The first-order chi connectivity index (χ1) is 8.09. The highest BCUT2D eigenvalue weighted by atomic mass is 35.5. The zero-order chi connectivity index (χ0) is 12.4. The van der Waals surface area contributed by atoms with Crippen LogP contribution in [0.25, 0.3) is 0 Å². The van der Waals surface area contributed by atoms with Gasteiger partial charge in [-0.25, -0.2) is 0 Å². The third kappa shape index (κ3) is 2.61. The lowest BCUT2D eigenvalue weighted by Gasteiger charge is -2.09. The molecule has 0 spiro atoms. The van der Waals surface area contributed by atoms with E-state index in [-0.39, 0.29) is 17.7 Å². The summed E-state index contributed by atoms with van der Waals surface area (Å²) >= 11 is 6.03. The van der Waals surface area contributed by atoms with E-state index in [1.807, 2.05) is 6.92 Å². The number of amides is 1. The first-order valence-corrected chi connectivity index (χ1v) is 6.06. The Labute approximate surface area is 105 Å². The van der Waals surface area contributed by atoms with Crippen molar-refractivity contribution in [2.45, 2.75) is 25.9 Å². The molecule has 1 unspecified atom stereocenters. The number of carbonyl (C=O) groups is 1. The zero-order valence-corrected chi connectivity index (χ0v) is 10.8. The minimum atomic E-state index is -0.241. The van der Waals surface area contributed by atoms with Crippen molar-refractivity contribution in [2.24, 2.45) is 7.05 Å². The van der Waals surface area contributed by atoms with Crippen LogP contribution >= 0.6 is 11.6 Å². The zero-order valence-electron chi connectivity index (χ0n) is 9.99. The van der Waals surface area contributed by atoms with Gasteiger partial charge in [-0.2, -0.15) is 5.10 Å². The quantitative estimate of drug-likeness (QED) is 0.888. The number of ether oxygens (including phenoxy) is 1. The molecule has 0 aromatic carbocycles. The summed E-state index contributed by atoms with van der Waals surface area (Å²) in [5, 5.41) is 7.30. The lowest BCUT2D eigenvalue weighted by atomic mass is 10.2. The topological polar surface area (TPSA) is 56.1 Å². The Balaban J connectivity index is 1.96. The predicted octanol–water partition coefficient (Wildman–Crippen LogP) is 1.29. The van der Waals surface area contributed by atoms with Crippen LogP contribution in [0.2, 0.25) is 5.02 Å². The van der Waals surface area contributed by atoms with E-state index in [9.17, 15) is 4.79 Å². The average Bonchev–Trinajstić information content (AvgIpc) is 2.91. The van der Waals surface area contributed by atoms with Crippen molar-refractivity contribution in [1.82, 2.24) is 15.1 Å². The van der Waals surface area contributed by atoms with Crippen molar-refractivity contribution >= 4 is 17.5 Å². The summed E-state index contributed by atoms with van der Waals surface area (Å²) in [4.78, 5) is 11.9. The molecular formula is C11H16ClN3O2. The highest BCUT2D eigenvalue weighted by Crippen LogP contribution is 2.19. The summed E-state index contributed by atoms with van der Waals surface area (Å²) in [7, 11) is 1.76. The fraction of sp³-hybridized carbons (Fsp3) is 0.636. The second-order valence-electron chi connectivity index (χ2n) is 4.22. The number of nitrogens with zero attached hydrogens (tertiary/aromatic N) is 2. The van der Waals surface area contributed by atoms with Gasteiger partial charge in [-0.15, -0.1) is 0 Å². The fourth-order valence-corrected chi connectivity index (χ4v) is 2.07. The number of carbonyl (C=O) groups excluding carboxylic acids is 1. The van der Waals surface area contributed by atoms with Crippen LogP contribution < -0.4 is 5.32 Å². The molecule has 5 nitrogen and oxygen atoms in total. The molecular weight excluding hydrogens is 242 g/mol. The average molecular weight is 258 g/mol. The maximum Gasteiger partial charge on any atom is 0.273 e. The molecule has 1 amide bonds. The van der Waals surface area contributed by atoms with Crippen molar-refractivity contribution in [3.63, 3.8) is 0 Å². The van der Waals surface area contributed by atoms with Crippen molar-refractivity contribution in [2.75, 3.05) is 13.2 Å². The van der Waals surface area contributed by atoms with Gasteiger partial charge in [0, 0.05) is 20.2 Å². The van der Waals surface area contributed by atoms with Gasteiger partial charge in [-0.3, -0.25) is 9.48 Å². The van der Waals surface area contributed by atoms with E-state index in [0.29, 0.717) is 11.6 Å². The number of hydrogen-bond donors (Lipinski definition) is 1. The molecule has 0 saturated carbocycles. The Morgan fingerprint density at radius 1 is 1.71 bits per heavy atom. The molecule has 0 bridgehead atoms. The van der Waals surface area contributed by atoms with E-state index < -0.39 is 0 Å². The number of rotatable bonds is 3. The predicted molar refractivity (Wildman–Crippen MR) is 64.3 cm³/mol. The summed E-state index contributed by atoms with van der Waals surface area (Å²) in [6.07, 6.45) is 2.18. The molecule has 17 heavy (non-hydrogen) atoms. The van der Waals surface area contributed by atoms with Crippen LogP contribution in [0.5, 0.6) is 0 Å². The van der Waals surface area contributed by atoms with E-state index in [0.717, 1.165) is 25.1 Å². The second kappa shape index (κ2) is 5.06. The maximum atomic E-state index is 11.9. The summed E-state index contributed by atoms with van der Waals surface area (Å²) < 4.78 is 7.03. The Hall–Kier alpha value is -1.07. The highest BCUT2D eigenvalue weighted by molar-refractivity contribution is 6.34. The van der Waals surface area contributed by atoms with Crippen molar-refractivity contribution in [3.05, 3.63) is 16.4 Å². The van der Waals surface area contributed by atoms with Crippen molar-refractivity contribution < 1.29 is 9.53 Å². The van der Waals surface area contributed by atoms with E-state index in [2.05, 4.69) is 10.4 Å². The van der Waals surface area contributed by atoms with Gasteiger partial charge >= 0.3 is 0 Å². The molecule has 2 heterocycles. The van der Waals surface area contributed by atoms with Gasteiger partial charge in [0.15, 0.2) is 5.69 Å². The normalized spacial score (nSPS) is 19.6. The molecule has 0 aliphatic carbocycles. The van der Waals surface area contributed by atoms with Crippen molar-refractivity contribution in [1.29, 1.82) is 0 Å². The number of hydrogen-bond acceptors (Lipinski definition) is 3. The van der Waals surface area contributed by atoms with E-state index in [4.69, 9.17) is 16.3 Å². The first kappa shape index (κ1) is 12.4. The lowest BCUT2D eigenvalue weighted by molar-refractivity contribution is 0.0853. The lowest BCUT2D eigenvalue weighted by Crippen LogP contribution is -2.32. The molecule has 0 radical (unpaired) electrons. The maximum absolute atomic E-state index is 11.9. The summed E-state index contributed by atoms with van der Waals surface area (Å²) in [6, 6.07) is 0. The first-order valence-electron chi connectivity index (χ1n) is 5.68. The Morgan fingerprint density at radius 3 is 3.00 bits per heavy atom. The monoisotopic (exact) mass is 257 g/mol. The van der Waals surface area contributed by atoms with E-state index >= 15 is 0 Å². The molecule has 1 atom stereocenters. The summed E-state index contributed by atoms with van der Waals surface area (Å²) in [5.74, 6) is -0.241. The smallest absolute Gasteiger partial charge is 0.273 e. The third-order valence-corrected chi connectivity index (χ3v) is 3.44. The van der Waals surface area contributed by atoms with E-state index in [1.165, 1.54) is 0 Å². The Bertz CT molecular complexity index is 425. The SMILES string of the molecule is Cc1c(Cl)c(C(=O)NCC2CCCO2)nn1C. The molecule has 1 aliphatic heterocycles. The molecule has 94 valence electrons.